The van der Waals surface area contributed by atoms with Gasteiger partial charge in [-0.15, -0.1) is 0 Å². The Morgan fingerprint density at radius 2 is 1.65 bits per heavy atom. The summed E-state index contributed by atoms with van der Waals surface area (Å²) in [6, 6.07) is 23.6. The molecule has 0 bridgehead atoms. The first-order chi connectivity index (χ1) is 20.7. The monoisotopic (exact) mass is 615 g/mol. The lowest BCUT2D eigenvalue weighted by atomic mass is 9.84. The van der Waals surface area contributed by atoms with E-state index in [9.17, 15) is 18.0 Å². The third-order valence-corrected chi connectivity index (χ3v) is 10.3. The molecule has 43 heavy (non-hydrogen) atoms. The minimum absolute atomic E-state index is 0.231. The van der Waals surface area contributed by atoms with Crippen LogP contribution in [0.25, 0.3) is 6.08 Å². The largest absolute Gasteiger partial charge is 0.370 e. The highest BCUT2D eigenvalue weighted by molar-refractivity contribution is 8.18. The number of amides is 2. The first kappa shape index (κ1) is 29.0. The van der Waals surface area contributed by atoms with Crippen LogP contribution in [0, 0.1) is 0 Å². The summed E-state index contributed by atoms with van der Waals surface area (Å²) >= 11 is 1.24. The Morgan fingerprint density at radius 1 is 0.953 bits per heavy atom. The second-order valence-electron chi connectivity index (χ2n) is 11.1. The number of nitrogens with one attached hydrogen (secondary N) is 2. The molecule has 2 saturated heterocycles. The molecule has 2 N–H and O–H groups in total. The average Bonchev–Trinajstić information content (AvgIpc) is 3.49. The Balaban J connectivity index is 1.06. The van der Waals surface area contributed by atoms with Crippen LogP contribution in [0.3, 0.4) is 0 Å². The molecular weight excluding hydrogens is 583 g/mol. The number of anilines is 2. The number of aliphatic imine (C=N–C) groups is 1. The Labute approximate surface area is 256 Å². The molecule has 0 radical (unpaired) electrons. The second-order valence-corrected chi connectivity index (χ2v) is 13.7. The van der Waals surface area contributed by atoms with E-state index < -0.39 is 16.1 Å². The van der Waals surface area contributed by atoms with Crippen LogP contribution in [-0.2, 0) is 26.3 Å². The summed E-state index contributed by atoms with van der Waals surface area (Å²) in [5, 5.41) is 3.21. The van der Waals surface area contributed by atoms with Crippen molar-refractivity contribution >= 4 is 62.1 Å². The molecule has 3 aliphatic rings. The zero-order chi connectivity index (χ0) is 30.0. The summed E-state index contributed by atoms with van der Waals surface area (Å²) in [5.74, 6) is -0.0950. The summed E-state index contributed by atoms with van der Waals surface area (Å²) in [7, 11) is -1.79. The first-order valence-corrected chi connectivity index (χ1v) is 16.6. The normalized spacial score (nSPS) is 20.4. The van der Waals surface area contributed by atoms with Crippen LogP contribution in [0.2, 0.25) is 0 Å². The van der Waals surface area contributed by atoms with Crippen LogP contribution in [0.15, 0.2) is 82.7 Å². The first-order valence-electron chi connectivity index (χ1n) is 14.4. The summed E-state index contributed by atoms with van der Waals surface area (Å²) in [6.45, 7) is 0.551. The number of rotatable bonds is 7. The van der Waals surface area contributed by atoms with E-state index in [0.717, 1.165) is 22.1 Å². The molecule has 3 aromatic carbocycles. The SMILES string of the molecule is CN(Cc1ccc(C2CCCCC2)cc1)c1ccc(/C=C2/SC(=Nc3ccc(N4CC(=O)NS4(=O)=O)cc3)NC2=O)cc1. The highest BCUT2D eigenvalue weighted by atomic mass is 32.2. The number of hydrogen-bond acceptors (Lipinski definition) is 7. The molecule has 9 nitrogen and oxygen atoms in total. The van der Waals surface area contributed by atoms with Gasteiger partial charge < -0.3 is 10.2 Å². The average molecular weight is 616 g/mol. The van der Waals surface area contributed by atoms with E-state index in [0.29, 0.717) is 27.4 Å². The fourth-order valence-electron chi connectivity index (χ4n) is 5.64. The van der Waals surface area contributed by atoms with Crippen LogP contribution < -0.4 is 19.2 Å². The second kappa shape index (κ2) is 12.3. The van der Waals surface area contributed by atoms with Crippen LogP contribution >= 0.6 is 11.8 Å². The zero-order valence-corrected chi connectivity index (χ0v) is 25.5. The van der Waals surface area contributed by atoms with Crippen molar-refractivity contribution < 1.29 is 18.0 Å². The predicted octanol–water partition coefficient (Wildman–Crippen LogP) is 5.44. The lowest BCUT2D eigenvalue weighted by Crippen LogP contribution is -2.29. The third kappa shape index (κ3) is 6.78. The van der Waals surface area contributed by atoms with Gasteiger partial charge in [0.25, 0.3) is 11.8 Å². The molecule has 0 aromatic heterocycles. The van der Waals surface area contributed by atoms with Crippen molar-refractivity contribution in [3.63, 3.8) is 0 Å². The fraction of sp³-hybridized carbons (Fsp3) is 0.281. The van der Waals surface area contributed by atoms with Gasteiger partial charge in [0.05, 0.1) is 16.3 Å². The van der Waals surface area contributed by atoms with E-state index in [4.69, 9.17) is 0 Å². The molecule has 1 aliphatic carbocycles. The molecule has 222 valence electrons. The van der Waals surface area contributed by atoms with Crippen molar-refractivity contribution in [2.24, 2.45) is 4.99 Å². The van der Waals surface area contributed by atoms with Crippen LogP contribution in [0.1, 0.15) is 54.7 Å². The van der Waals surface area contributed by atoms with E-state index in [2.05, 4.69) is 58.7 Å². The summed E-state index contributed by atoms with van der Waals surface area (Å²) in [4.78, 5) is 31.3. The number of carbonyl (C=O) groups excluding carboxylic acids is 2. The van der Waals surface area contributed by atoms with Crippen molar-refractivity contribution in [2.75, 3.05) is 22.8 Å². The molecule has 0 atom stereocenters. The van der Waals surface area contributed by atoms with Gasteiger partial charge in [0.1, 0.15) is 6.54 Å². The van der Waals surface area contributed by atoms with Gasteiger partial charge in [-0.05, 0) is 89.7 Å². The molecular formula is C32H33N5O4S2. The summed E-state index contributed by atoms with van der Waals surface area (Å²) in [6.07, 6.45) is 8.50. The zero-order valence-electron chi connectivity index (χ0n) is 23.8. The minimum Gasteiger partial charge on any atom is -0.370 e. The molecule has 0 unspecified atom stereocenters. The van der Waals surface area contributed by atoms with Gasteiger partial charge in [0.2, 0.25) is 0 Å². The van der Waals surface area contributed by atoms with Crippen molar-refractivity contribution in [3.8, 4) is 0 Å². The smallest absolute Gasteiger partial charge is 0.326 e. The molecule has 0 spiro atoms. The lowest BCUT2D eigenvalue weighted by molar-refractivity contribution is -0.117. The number of nitrogens with zero attached hydrogens (tertiary/aromatic N) is 3. The molecule has 2 heterocycles. The van der Waals surface area contributed by atoms with Crippen molar-refractivity contribution in [1.29, 1.82) is 0 Å². The molecule has 1 saturated carbocycles. The van der Waals surface area contributed by atoms with Crippen molar-refractivity contribution in [1.82, 2.24) is 10.0 Å². The highest BCUT2D eigenvalue weighted by Gasteiger charge is 2.34. The van der Waals surface area contributed by atoms with Gasteiger partial charge in [-0.1, -0.05) is 55.7 Å². The fourth-order valence-corrected chi connectivity index (χ4v) is 7.63. The van der Waals surface area contributed by atoms with Crippen LogP contribution in [0.5, 0.6) is 0 Å². The summed E-state index contributed by atoms with van der Waals surface area (Å²) in [5.41, 5.74) is 5.64. The molecule has 2 amide bonds. The van der Waals surface area contributed by atoms with Gasteiger partial charge in [0, 0.05) is 19.3 Å². The van der Waals surface area contributed by atoms with Crippen LogP contribution in [0.4, 0.5) is 17.1 Å². The number of hydrogen-bond donors (Lipinski definition) is 2. The standard InChI is InChI=1S/C32H33N5O4S2/c1-36(20-23-7-11-25(12-8-23)24-5-3-2-4-6-24)27-15-9-22(10-16-27)19-29-31(39)34-32(42-29)33-26-13-17-28(18-14-26)37-21-30(38)35-43(37,40)41/h7-19,24H,2-6,20-21H2,1H3,(H,35,38)(H,33,34,39)/b29-19+. The predicted molar refractivity (Wildman–Crippen MR) is 172 cm³/mol. The number of carbonyl (C=O) groups is 2. The third-order valence-electron chi connectivity index (χ3n) is 7.95. The van der Waals surface area contributed by atoms with E-state index >= 15 is 0 Å². The molecule has 3 fully saturated rings. The van der Waals surface area contributed by atoms with E-state index in [1.807, 2.05) is 22.9 Å². The van der Waals surface area contributed by atoms with Crippen molar-refractivity contribution in [3.05, 3.63) is 94.4 Å². The summed E-state index contributed by atoms with van der Waals surface area (Å²) < 4.78 is 27.0. The van der Waals surface area contributed by atoms with Gasteiger partial charge in [0.15, 0.2) is 5.17 Å². The lowest BCUT2D eigenvalue weighted by Gasteiger charge is -2.23. The van der Waals surface area contributed by atoms with Gasteiger partial charge in [-0.3, -0.25) is 9.59 Å². The maximum absolute atomic E-state index is 12.6. The van der Waals surface area contributed by atoms with Crippen molar-refractivity contribution in [2.45, 2.75) is 44.6 Å². The van der Waals surface area contributed by atoms with Crippen LogP contribution in [-0.4, -0.2) is 39.0 Å². The Bertz CT molecular complexity index is 1680. The number of amidine groups is 1. The quantitative estimate of drug-likeness (QED) is 0.343. The van der Waals surface area contributed by atoms with E-state index in [1.165, 1.54) is 55.0 Å². The number of benzene rings is 3. The maximum Gasteiger partial charge on any atom is 0.326 e. The molecule has 2 aliphatic heterocycles. The molecule has 11 heteroatoms. The van der Waals surface area contributed by atoms with Gasteiger partial charge >= 0.3 is 10.2 Å². The minimum atomic E-state index is -3.87. The Kier molecular flexibility index (Phi) is 8.27. The maximum atomic E-state index is 12.6. The molecule has 6 rings (SSSR count). The topological polar surface area (TPSA) is 111 Å². The van der Waals surface area contributed by atoms with E-state index in [-0.39, 0.29) is 12.5 Å². The Hall–Kier alpha value is -4.09. The van der Waals surface area contributed by atoms with Gasteiger partial charge in [-0.25, -0.2) is 14.0 Å². The number of thioether (sulfide) groups is 1. The highest BCUT2D eigenvalue weighted by Crippen LogP contribution is 2.33. The van der Waals surface area contributed by atoms with E-state index in [1.54, 1.807) is 24.3 Å². The molecule has 3 aromatic rings. The van der Waals surface area contributed by atoms with Gasteiger partial charge in [-0.2, -0.15) is 8.42 Å². The Morgan fingerprint density at radius 3 is 2.30 bits per heavy atom.